The Morgan fingerprint density at radius 1 is 1.08 bits per heavy atom. The van der Waals surface area contributed by atoms with Crippen molar-refractivity contribution in [1.29, 1.82) is 0 Å². The first kappa shape index (κ1) is 11.5. The number of carbonyl (C=O) groups excluding carboxylic acids is 1. The summed E-state index contributed by atoms with van der Waals surface area (Å²) in [7, 11) is 0. The molecule has 0 aliphatic heterocycles. The van der Waals surface area contributed by atoms with E-state index in [9.17, 15) is 4.79 Å². The molecule has 0 rings (SSSR count). The third-order valence-corrected chi connectivity index (χ3v) is 1.42. The maximum Gasteiger partial charge on any atom is 0.151 e. The van der Waals surface area contributed by atoms with Crippen molar-refractivity contribution in [1.82, 2.24) is 0 Å². The first-order valence-electron chi connectivity index (χ1n) is 3.33. The van der Waals surface area contributed by atoms with Gasteiger partial charge in [-0.2, -0.15) is 0 Å². The Hall–Kier alpha value is -0.530. The zero-order valence-corrected chi connectivity index (χ0v) is 6.24. The lowest BCUT2D eigenvalue weighted by atomic mass is 10.0. The quantitative estimate of drug-likeness (QED) is 0.282. The van der Waals surface area contributed by atoms with Crippen LogP contribution in [-0.4, -0.2) is 62.8 Å². The molecule has 72 valence electrons. The van der Waals surface area contributed by atoms with E-state index in [0.29, 0.717) is 0 Å². The number of aliphatic hydroxyl groups excluding tert-OH is 5. The molecule has 0 aliphatic rings. The SMILES string of the molecule is O=C[C@H](O)C(O)C(O)[C@H](O)CO. The molecule has 6 nitrogen and oxygen atoms in total. The van der Waals surface area contributed by atoms with Gasteiger partial charge in [0, 0.05) is 0 Å². The van der Waals surface area contributed by atoms with Crippen molar-refractivity contribution < 1.29 is 30.3 Å². The smallest absolute Gasteiger partial charge is 0.151 e. The standard InChI is InChI=1S/C6H12O6/c7-1-3(9)5(11)6(12)4(10)2-8/h1,3-6,8-12H,2H2/t3-,4+,5?,6?/m0/s1. The van der Waals surface area contributed by atoms with E-state index in [2.05, 4.69) is 0 Å². The Balaban J connectivity index is 4.07. The minimum Gasteiger partial charge on any atom is -0.394 e. The summed E-state index contributed by atoms with van der Waals surface area (Å²) < 4.78 is 0. The summed E-state index contributed by atoms with van der Waals surface area (Å²) in [6.07, 6.45) is -6.84. The van der Waals surface area contributed by atoms with Gasteiger partial charge in [-0.1, -0.05) is 0 Å². The lowest BCUT2D eigenvalue weighted by Crippen LogP contribution is -2.46. The molecule has 0 fully saturated rings. The van der Waals surface area contributed by atoms with Crippen LogP contribution < -0.4 is 0 Å². The number of aldehydes is 1. The molecular formula is C6H12O6. The van der Waals surface area contributed by atoms with E-state index in [0.717, 1.165) is 0 Å². The molecule has 0 spiro atoms. The maximum absolute atomic E-state index is 9.90. The predicted octanol–water partition coefficient (Wildman–Crippen LogP) is -3.38. The lowest BCUT2D eigenvalue weighted by molar-refractivity contribution is -0.136. The first-order valence-corrected chi connectivity index (χ1v) is 3.33. The summed E-state index contributed by atoms with van der Waals surface area (Å²) in [6, 6.07) is 0. The van der Waals surface area contributed by atoms with Gasteiger partial charge in [0.1, 0.15) is 24.4 Å². The van der Waals surface area contributed by atoms with Gasteiger partial charge in [0.25, 0.3) is 0 Å². The van der Waals surface area contributed by atoms with Crippen molar-refractivity contribution in [2.45, 2.75) is 24.4 Å². The molecule has 0 radical (unpaired) electrons. The van der Waals surface area contributed by atoms with Crippen LogP contribution in [0.25, 0.3) is 0 Å². The second-order valence-electron chi connectivity index (χ2n) is 2.36. The topological polar surface area (TPSA) is 118 Å². The molecule has 0 saturated carbocycles. The molecule has 2 unspecified atom stereocenters. The van der Waals surface area contributed by atoms with Crippen LogP contribution in [-0.2, 0) is 4.79 Å². The van der Waals surface area contributed by atoms with E-state index in [1.165, 1.54) is 0 Å². The van der Waals surface area contributed by atoms with Crippen LogP contribution >= 0.6 is 0 Å². The molecule has 0 amide bonds. The van der Waals surface area contributed by atoms with Crippen molar-refractivity contribution in [3.63, 3.8) is 0 Å². The normalized spacial score (nSPS) is 21.1. The van der Waals surface area contributed by atoms with E-state index in [1.807, 2.05) is 0 Å². The first-order chi connectivity index (χ1) is 5.54. The minimum atomic E-state index is -1.79. The number of carbonyl (C=O) groups is 1. The van der Waals surface area contributed by atoms with E-state index in [4.69, 9.17) is 25.5 Å². The number of hydrogen-bond acceptors (Lipinski definition) is 6. The fraction of sp³-hybridized carbons (Fsp3) is 0.833. The van der Waals surface area contributed by atoms with Crippen LogP contribution in [0.5, 0.6) is 0 Å². The summed E-state index contributed by atoms with van der Waals surface area (Å²) in [5.74, 6) is 0. The summed E-state index contributed by atoms with van der Waals surface area (Å²) in [4.78, 5) is 9.90. The van der Waals surface area contributed by atoms with E-state index in [1.54, 1.807) is 0 Å². The average molecular weight is 180 g/mol. The van der Waals surface area contributed by atoms with Crippen molar-refractivity contribution >= 4 is 6.29 Å². The van der Waals surface area contributed by atoms with Crippen molar-refractivity contribution in [3.05, 3.63) is 0 Å². The highest BCUT2D eigenvalue weighted by molar-refractivity contribution is 5.56. The number of hydrogen-bond donors (Lipinski definition) is 5. The van der Waals surface area contributed by atoms with Crippen LogP contribution in [0.1, 0.15) is 0 Å². The van der Waals surface area contributed by atoms with Gasteiger partial charge in [-0.05, 0) is 0 Å². The van der Waals surface area contributed by atoms with Gasteiger partial charge < -0.3 is 30.3 Å². The fourth-order valence-corrected chi connectivity index (χ4v) is 0.618. The van der Waals surface area contributed by atoms with Crippen LogP contribution in [0.4, 0.5) is 0 Å². The highest BCUT2D eigenvalue weighted by atomic mass is 16.4. The van der Waals surface area contributed by atoms with Crippen LogP contribution in [0.2, 0.25) is 0 Å². The van der Waals surface area contributed by atoms with Crippen LogP contribution in [0.15, 0.2) is 0 Å². The highest BCUT2D eigenvalue weighted by Gasteiger charge is 2.29. The van der Waals surface area contributed by atoms with E-state index < -0.39 is 31.0 Å². The monoisotopic (exact) mass is 180 g/mol. The second kappa shape index (κ2) is 5.18. The molecule has 0 aromatic rings. The van der Waals surface area contributed by atoms with Gasteiger partial charge in [0.15, 0.2) is 6.29 Å². The molecule has 0 aromatic heterocycles. The maximum atomic E-state index is 9.90. The third kappa shape index (κ3) is 2.84. The molecule has 0 bridgehead atoms. The molecule has 6 heteroatoms. The van der Waals surface area contributed by atoms with Gasteiger partial charge in [-0.3, -0.25) is 0 Å². The molecule has 12 heavy (non-hydrogen) atoms. The molecule has 0 heterocycles. The number of rotatable bonds is 5. The summed E-state index contributed by atoms with van der Waals surface area (Å²) in [5, 5.41) is 43.5. The van der Waals surface area contributed by atoms with E-state index in [-0.39, 0.29) is 6.29 Å². The largest absolute Gasteiger partial charge is 0.394 e. The van der Waals surface area contributed by atoms with Gasteiger partial charge >= 0.3 is 0 Å². The summed E-state index contributed by atoms with van der Waals surface area (Å²) >= 11 is 0. The Morgan fingerprint density at radius 3 is 1.92 bits per heavy atom. The predicted molar refractivity (Wildman–Crippen MR) is 37.2 cm³/mol. The van der Waals surface area contributed by atoms with Crippen molar-refractivity contribution in [2.24, 2.45) is 0 Å². The Morgan fingerprint density at radius 2 is 1.58 bits per heavy atom. The zero-order chi connectivity index (χ0) is 9.72. The van der Waals surface area contributed by atoms with Gasteiger partial charge in [-0.15, -0.1) is 0 Å². The Bertz CT molecular complexity index is 138. The van der Waals surface area contributed by atoms with E-state index >= 15 is 0 Å². The summed E-state index contributed by atoms with van der Waals surface area (Å²) in [6.45, 7) is -0.760. The zero-order valence-electron chi connectivity index (χ0n) is 6.24. The van der Waals surface area contributed by atoms with Gasteiger partial charge in [0.2, 0.25) is 0 Å². The fourth-order valence-electron chi connectivity index (χ4n) is 0.618. The average Bonchev–Trinajstić information content (AvgIpc) is 2.12. The molecule has 0 saturated heterocycles. The molecular weight excluding hydrogens is 168 g/mol. The van der Waals surface area contributed by atoms with Crippen LogP contribution in [0, 0.1) is 0 Å². The Kier molecular flexibility index (Phi) is 4.95. The Labute approximate surface area is 68.7 Å². The lowest BCUT2D eigenvalue weighted by Gasteiger charge is -2.22. The van der Waals surface area contributed by atoms with Crippen molar-refractivity contribution in [3.8, 4) is 0 Å². The van der Waals surface area contributed by atoms with Crippen molar-refractivity contribution in [2.75, 3.05) is 6.61 Å². The summed E-state index contributed by atoms with van der Waals surface area (Å²) in [5.41, 5.74) is 0. The van der Waals surface area contributed by atoms with Gasteiger partial charge in [0.05, 0.1) is 6.61 Å². The molecule has 0 aliphatic carbocycles. The molecule has 0 aromatic carbocycles. The van der Waals surface area contributed by atoms with Crippen LogP contribution in [0.3, 0.4) is 0 Å². The third-order valence-electron chi connectivity index (χ3n) is 1.42. The molecule has 5 N–H and O–H groups in total. The highest BCUT2D eigenvalue weighted by Crippen LogP contribution is 2.02. The number of aliphatic hydroxyl groups is 5. The minimum absolute atomic E-state index is 0.0258. The second-order valence-corrected chi connectivity index (χ2v) is 2.36. The molecule has 4 atom stereocenters. The van der Waals surface area contributed by atoms with Gasteiger partial charge in [-0.25, -0.2) is 0 Å².